The van der Waals surface area contributed by atoms with Gasteiger partial charge in [0, 0.05) is 50.9 Å². The van der Waals surface area contributed by atoms with Crippen LogP contribution in [0.3, 0.4) is 0 Å². The van der Waals surface area contributed by atoms with Crippen LogP contribution in [-0.2, 0) is 6.54 Å². The largest absolute Gasteiger partial charge is 0.325 e. The molecule has 2 aliphatic rings. The number of piperazine rings is 1. The third-order valence-corrected chi connectivity index (χ3v) is 6.96. The van der Waals surface area contributed by atoms with Crippen molar-refractivity contribution in [2.75, 3.05) is 32.7 Å². The lowest BCUT2D eigenvalue weighted by Gasteiger charge is -2.41. The van der Waals surface area contributed by atoms with Crippen molar-refractivity contribution in [1.82, 2.24) is 24.7 Å². The molecule has 3 heterocycles. The summed E-state index contributed by atoms with van der Waals surface area (Å²) in [4.78, 5) is 34.6. The van der Waals surface area contributed by atoms with Crippen LogP contribution in [0.2, 0.25) is 0 Å². The Morgan fingerprint density at radius 2 is 1.68 bits per heavy atom. The van der Waals surface area contributed by atoms with E-state index in [4.69, 9.17) is 0 Å². The molecule has 1 aromatic heterocycles. The molecule has 1 atom stereocenters. The Morgan fingerprint density at radius 3 is 2.38 bits per heavy atom. The monoisotopic (exact) mass is 457 g/mol. The summed E-state index contributed by atoms with van der Waals surface area (Å²) in [7, 11) is 0. The quantitative estimate of drug-likeness (QED) is 0.652. The second kappa shape index (κ2) is 10.2. The summed E-state index contributed by atoms with van der Waals surface area (Å²) in [6, 6.07) is 21.8. The van der Waals surface area contributed by atoms with Crippen molar-refractivity contribution in [2.24, 2.45) is 5.92 Å². The van der Waals surface area contributed by atoms with Gasteiger partial charge in [0.05, 0.1) is 18.1 Å². The zero-order chi connectivity index (χ0) is 23.3. The van der Waals surface area contributed by atoms with Crippen LogP contribution in [0, 0.1) is 5.92 Å². The Kier molecular flexibility index (Phi) is 6.72. The summed E-state index contributed by atoms with van der Waals surface area (Å²) >= 11 is 0. The normalized spacial score (nSPS) is 19.2. The number of carbonyl (C=O) groups excluding carboxylic acids is 1. The molecule has 2 amide bonds. The van der Waals surface area contributed by atoms with E-state index in [-0.39, 0.29) is 17.6 Å². The van der Waals surface area contributed by atoms with E-state index >= 15 is 0 Å². The van der Waals surface area contributed by atoms with Gasteiger partial charge in [-0.1, -0.05) is 60.7 Å². The number of nitrogens with zero attached hydrogens (tertiary/aromatic N) is 4. The third kappa shape index (κ3) is 4.89. The van der Waals surface area contributed by atoms with Crippen molar-refractivity contribution in [2.45, 2.75) is 25.4 Å². The molecular formula is C27H31N5O2. The maximum Gasteiger partial charge on any atom is 0.320 e. The maximum atomic E-state index is 13.4. The molecule has 0 aliphatic carbocycles. The van der Waals surface area contributed by atoms with E-state index in [1.54, 1.807) is 17.0 Å². The van der Waals surface area contributed by atoms with Crippen molar-refractivity contribution in [3.8, 4) is 11.3 Å². The van der Waals surface area contributed by atoms with Gasteiger partial charge >= 0.3 is 6.03 Å². The third-order valence-electron chi connectivity index (χ3n) is 6.96. The van der Waals surface area contributed by atoms with E-state index in [1.165, 1.54) is 5.56 Å². The van der Waals surface area contributed by atoms with E-state index in [9.17, 15) is 9.59 Å². The van der Waals surface area contributed by atoms with Crippen molar-refractivity contribution in [1.29, 1.82) is 0 Å². The van der Waals surface area contributed by atoms with Crippen LogP contribution in [0.5, 0.6) is 0 Å². The first-order valence-corrected chi connectivity index (χ1v) is 12.1. The highest BCUT2D eigenvalue weighted by Gasteiger charge is 2.32. The minimum absolute atomic E-state index is 0.0288. The summed E-state index contributed by atoms with van der Waals surface area (Å²) in [6.07, 6.45) is 3.44. The highest BCUT2D eigenvalue weighted by Crippen LogP contribution is 2.26. The Morgan fingerprint density at radius 1 is 0.971 bits per heavy atom. The number of rotatable bonds is 4. The standard InChI is InChI=1S/C27H31N5O2/c33-26-17-24(22-7-3-1-4-8-22)29-20-31(26)19-21-11-14-30(15-12-21)27(34)32-16-13-28-18-25(32)23-9-5-2-6-10-23/h1-10,17,20-21,25,28H,11-16,18-19H2/t25-/m0/s1. The molecule has 2 fully saturated rings. The minimum Gasteiger partial charge on any atom is -0.325 e. The van der Waals surface area contributed by atoms with Gasteiger partial charge in [0.2, 0.25) is 0 Å². The molecule has 34 heavy (non-hydrogen) atoms. The number of urea groups is 1. The molecule has 0 spiro atoms. The van der Waals surface area contributed by atoms with Crippen LogP contribution >= 0.6 is 0 Å². The number of piperidine rings is 1. The first-order chi connectivity index (χ1) is 16.7. The van der Waals surface area contributed by atoms with Gasteiger partial charge in [-0.3, -0.25) is 9.36 Å². The Balaban J connectivity index is 1.19. The van der Waals surface area contributed by atoms with Gasteiger partial charge in [0.25, 0.3) is 5.56 Å². The number of amides is 2. The number of hydrogen-bond donors (Lipinski definition) is 1. The topological polar surface area (TPSA) is 70.5 Å². The van der Waals surface area contributed by atoms with Gasteiger partial charge in [-0.05, 0) is 24.3 Å². The highest BCUT2D eigenvalue weighted by atomic mass is 16.2. The van der Waals surface area contributed by atoms with Gasteiger partial charge < -0.3 is 15.1 Å². The summed E-state index contributed by atoms with van der Waals surface area (Å²) in [6.45, 7) is 4.40. The van der Waals surface area contributed by atoms with Crippen molar-refractivity contribution < 1.29 is 4.79 Å². The molecule has 1 N–H and O–H groups in total. The molecule has 2 aromatic carbocycles. The number of likely N-dealkylation sites (tertiary alicyclic amines) is 1. The molecule has 7 nitrogen and oxygen atoms in total. The lowest BCUT2D eigenvalue weighted by molar-refractivity contribution is 0.104. The first kappa shape index (κ1) is 22.3. The maximum absolute atomic E-state index is 13.4. The number of nitrogens with one attached hydrogen (secondary N) is 1. The lowest BCUT2D eigenvalue weighted by Crippen LogP contribution is -2.54. The zero-order valence-corrected chi connectivity index (χ0v) is 19.3. The van der Waals surface area contributed by atoms with Crippen molar-refractivity contribution in [3.63, 3.8) is 0 Å². The number of benzene rings is 2. The fourth-order valence-corrected chi connectivity index (χ4v) is 5.00. The summed E-state index contributed by atoms with van der Waals surface area (Å²) < 4.78 is 1.70. The fraction of sp³-hybridized carbons (Fsp3) is 0.370. The van der Waals surface area contributed by atoms with E-state index in [0.717, 1.165) is 44.6 Å². The molecule has 3 aromatic rings. The second-order valence-corrected chi connectivity index (χ2v) is 9.17. The number of carbonyl (C=O) groups is 1. The Labute approximate surface area is 200 Å². The highest BCUT2D eigenvalue weighted by molar-refractivity contribution is 5.75. The molecule has 7 heteroatoms. The summed E-state index contributed by atoms with van der Waals surface area (Å²) in [5, 5.41) is 3.42. The number of hydrogen-bond acceptors (Lipinski definition) is 4. The van der Waals surface area contributed by atoms with Crippen molar-refractivity contribution >= 4 is 6.03 Å². The van der Waals surface area contributed by atoms with Gasteiger partial charge in [0.15, 0.2) is 0 Å². The first-order valence-electron chi connectivity index (χ1n) is 12.1. The van der Waals surface area contributed by atoms with Gasteiger partial charge in [0.1, 0.15) is 0 Å². The molecule has 0 saturated carbocycles. The molecular weight excluding hydrogens is 426 g/mol. The molecule has 2 aliphatic heterocycles. The smallest absolute Gasteiger partial charge is 0.320 e. The predicted octanol–water partition coefficient (Wildman–Crippen LogP) is 3.39. The lowest BCUT2D eigenvalue weighted by atomic mass is 9.96. The van der Waals surface area contributed by atoms with E-state index in [0.29, 0.717) is 24.7 Å². The van der Waals surface area contributed by atoms with Crippen LogP contribution in [0.4, 0.5) is 4.79 Å². The Hall–Kier alpha value is -3.45. The van der Waals surface area contributed by atoms with Crippen LogP contribution in [0.15, 0.2) is 77.9 Å². The number of aromatic nitrogens is 2. The molecule has 5 rings (SSSR count). The van der Waals surface area contributed by atoms with Gasteiger partial charge in [-0.25, -0.2) is 9.78 Å². The minimum atomic E-state index is -0.0288. The van der Waals surface area contributed by atoms with Crippen molar-refractivity contribution in [3.05, 3.63) is 89.0 Å². The van der Waals surface area contributed by atoms with E-state index in [2.05, 4.69) is 22.4 Å². The average Bonchev–Trinajstić information content (AvgIpc) is 2.91. The molecule has 2 saturated heterocycles. The summed E-state index contributed by atoms with van der Waals surface area (Å²) in [5.41, 5.74) is 2.79. The van der Waals surface area contributed by atoms with Crippen LogP contribution in [0.1, 0.15) is 24.4 Å². The zero-order valence-electron chi connectivity index (χ0n) is 19.3. The van der Waals surface area contributed by atoms with E-state index in [1.807, 2.05) is 58.3 Å². The SMILES string of the molecule is O=C(N1CCC(Cn2cnc(-c3ccccc3)cc2=O)CC1)N1CCNC[C@H]1c1ccccc1. The summed E-state index contributed by atoms with van der Waals surface area (Å²) in [5.74, 6) is 0.360. The van der Waals surface area contributed by atoms with Crippen LogP contribution in [-0.4, -0.2) is 58.1 Å². The van der Waals surface area contributed by atoms with Gasteiger partial charge in [-0.15, -0.1) is 0 Å². The second-order valence-electron chi connectivity index (χ2n) is 9.17. The molecule has 0 unspecified atom stereocenters. The predicted molar refractivity (Wildman–Crippen MR) is 132 cm³/mol. The molecule has 0 radical (unpaired) electrons. The van der Waals surface area contributed by atoms with Gasteiger partial charge in [-0.2, -0.15) is 0 Å². The molecule has 0 bridgehead atoms. The molecule has 176 valence electrons. The fourth-order valence-electron chi connectivity index (χ4n) is 5.00. The van der Waals surface area contributed by atoms with Crippen LogP contribution in [0.25, 0.3) is 11.3 Å². The Bertz CT molecular complexity index is 1160. The van der Waals surface area contributed by atoms with Crippen LogP contribution < -0.4 is 10.9 Å². The average molecular weight is 458 g/mol. The van der Waals surface area contributed by atoms with E-state index < -0.39 is 0 Å².